The molecule has 150 valence electrons. The average molecular weight is 386 g/mol. The molecular weight excluding hydrogens is 360 g/mol. The highest BCUT2D eigenvalue weighted by Gasteiger charge is 2.50. The van der Waals surface area contributed by atoms with Gasteiger partial charge in [-0.25, -0.2) is 0 Å². The molecule has 2 heterocycles. The first-order valence-corrected chi connectivity index (χ1v) is 9.49. The van der Waals surface area contributed by atoms with Crippen LogP contribution in [0.15, 0.2) is 60.7 Å². The molecule has 0 aromatic heterocycles. The Morgan fingerprint density at radius 2 is 1.00 bits per heavy atom. The molecule has 0 bridgehead atoms. The van der Waals surface area contributed by atoms with Gasteiger partial charge in [-0.05, 0) is 0 Å². The maximum atomic E-state index is 6.29. The third kappa shape index (κ3) is 4.12. The van der Waals surface area contributed by atoms with Gasteiger partial charge in [0.1, 0.15) is 24.4 Å². The summed E-state index contributed by atoms with van der Waals surface area (Å²) < 4.78 is 35.7. The van der Waals surface area contributed by atoms with Crippen LogP contribution in [0.3, 0.4) is 0 Å². The molecule has 2 aliphatic heterocycles. The summed E-state index contributed by atoms with van der Waals surface area (Å²) in [4.78, 5) is 0. The SMILES string of the molecule is COC[C@@H]1OC(c2ccccc2)O[C@H]1[C@@H]1OC(c2ccccc2)O[C@@H]1COC. The van der Waals surface area contributed by atoms with E-state index in [2.05, 4.69) is 0 Å². The Morgan fingerprint density at radius 1 is 0.607 bits per heavy atom. The van der Waals surface area contributed by atoms with Crippen LogP contribution >= 0.6 is 0 Å². The Bertz CT molecular complexity index is 661. The molecule has 0 amide bonds. The zero-order valence-corrected chi connectivity index (χ0v) is 16.1. The van der Waals surface area contributed by atoms with Crippen molar-refractivity contribution in [1.29, 1.82) is 0 Å². The first-order chi connectivity index (χ1) is 13.8. The molecule has 0 N–H and O–H groups in total. The number of methoxy groups -OCH3 is 2. The van der Waals surface area contributed by atoms with E-state index in [-0.39, 0.29) is 24.4 Å². The predicted molar refractivity (Wildman–Crippen MR) is 102 cm³/mol. The first-order valence-electron chi connectivity index (χ1n) is 9.49. The highest BCUT2D eigenvalue weighted by Crippen LogP contribution is 2.40. The Labute approximate surface area is 165 Å². The summed E-state index contributed by atoms with van der Waals surface area (Å²) in [6, 6.07) is 19.8. The van der Waals surface area contributed by atoms with E-state index in [4.69, 9.17) is 28.4 Å². The molecule has 2 saturated heterocycles. The Morgan fingerprint density at radius 3 is 1.36 bits per heavy atom. The third-order valence-corrected chi connectivity index (χ3v) is 5.02. The highest BCUT2D eigenvalue weighted by atomic mass is 16.8. The molecule has 4 rings (SSSR count). The summed E-state index contributed by atoms with van der Waals surface area (Å²) in [6.07, 6.45) is -2.13. The summed E-state index contributed by atoms with van der Waals surface area (Å²) in [6.45, 7) is 0.813. The lowest BCUT2D eigenvalue weighted by molar-refractivity contribution is -0.107. The van der Waals surface area contributed by atoms with E-state index in [1.165, 1.54) is 0 Å². The van der Waals surface area contributed by atoms with Crippen LogP contribution in [0.1, 0.15) is 23.7 Å². The van der Waals surface area contributed by atoms with Crippen molar-refractivity contribution >= 4 is 0 Å². The lowest BCUT2D eigenvalue weighted by Crippen LogP contribution is -2.44. The molecule has 28 heavy (non-hydrogen) atoms. The van der Waals surface area contributed by atoms with Gasteiger partial charge in [0, 0.05) is 25.3 Å². The van der Waals surface area contributed by atoms with E-state index in [1.54, 1.807) is 14.2 Å². The summed E-state index contributed by atoms with van der Waals surface area (Å²) >= 11 is 0. The number of hydrogen-bond donors (Lipinski definition) is 0. The molecule has 0 saturated carbocycles. The van der Waals surface area contributed by atoms with E-state index in [0.29, 0.717) is 13.2 Å². The molecule has 2 aromatic rings. The minimum atomic E-state index is -0.464. The van der Waals surface area contributed by atoms with Crippen LogP contribution < -0.4 is 0 Å². The molecule has 0 spiro atoms. The van der Waals surface area contributed by atoms with Gasteiger partial charge in [-0.1, -0.05) is 60.7 Å². The van der Waals surface area contributed by atoms with Crippen molar-refractivity contribution in [3.63, 3.8) is 0 Å². The maximum absolute atomic E-state index is 6.29. The topological polar surface area (TPSA) is 55.4 Å². The summed E-state index contributed by atoms with van der Waals surface area (Å²) in [7, 11) is 3.31. The molecule has 6 atom stereocenters. The predicted octanol–water partition coefficient (Wildman–Crippen LogP) is 3.24. The quantitative estimate of drug-likeness (QED) is 0.728. The second kappa shape index (κ2) is 9.13. The highest BCUT2D eigenvalue weighted by molar-refractivity contribution is 5.18. The zero-order valence-electron chi connectivity index (χ0n) is 16.1. The van der Waals surface area contributed by atoms with Crippen molar-refractivity contribution < 1.29 is 28.4 Å². The van der Waals surface area contributed by atoms with Crippen LogP contribution in [0.4, 0.5) is 0 Å². The van der Waals surface area contributed by atoms with Crippen molar-refractivity contribution in [1.82, 2.24) is 0 Å². The van der Waals surface area contributed by atoms with E-state index >= 15 is 0 Å². The number of rotatable bonds is 7. The monoisotopic (exact) mass is 386 g/mol. The first kappa shape index (κ1) is 19.5. The van der Waals surface area contributed by atoms with Crippen LogP contribution in [0.2, 0.25) is 0 Å². The van der Waals surface area contributed by atoms with Crippen molar-refractivity contribution in [2.24, 2.45) is 0 Å². The van der Waals surface area contributed by atoms with Crippen molar-refractivity contribution in [2.75, 3.05) is 27.4 Å². The second-order valence-electron chi connectivity index (χ2n) is 6.95. The number of ether oxygens (including phenoxy) is 6. The minimum Gasteiger partial charge on any atom is -0.382 e. The van der Waals surface area contributed by atoms with Gasteiger partial charge in [-0.15, -0.1) is 0 Å². The van der Waals surface area contributed by atoms with Gasteiger partial charge in [0.05, 0.1) is 13.2 Å². The fraction of sp³-hybridized carbons (Fsp3) is 0.455. The van der Waals surface area contributed by atoms with Gasteiger partial charge in [0.2, 0.25) is 0 Å². The molecule has 2 aromatic carbocycles. The average Bonchev–Trinajstić information content (AvgIpc) is 3.34. The van der Waals surface area contributed by atoms with Crippen molar-refractivity contribution in [2.45, 2.75) is 37.0 Å². The minimum absolute atomic E-state index is 0.266. The Kier molecular flexibility index (Phi) is 6.36. The van der Waals surface area contributed by atoms with E-state index in [1.807, 2.05) is 60.7 Å². The van der Waals surface area contributed by atoms with Gasteiger partial charge >= 0.3 is 0 Å². The van der Waals surface area contributed by atoms with Gasteiger partial charge in [-0.3, -0.25) is 0 Å². The molecule has 2 fully saturated rings. The van der Waals surface area contributed by atoms with Crippen LogP contribution in [0, 0.1) is 0 Å². The Hall–Kier alpha value is -1.80. The van der Waals surface area contributed by atoms with E-state index < -0.39 is 12.6 Å². The number of benzene rings is 2. The summed E-state index contributed by atoms with van der Waals surface area (Å²) in [5, 5.41) is 0. The lowest BCUT2D eigenvalue weighted by atomic mass is 10.0. The van der Waals surface area contributed by atoms with Crippen molar-refractivity contribution in [3.05, 3.63) is 71.8 Å². The molecule has 6 nitrogen and oxygen atoms in total. The maximum Gasteiger partial charge on any atom is 0.184 e. The van der Waals surface area contributed by atoms with Crippen LogP contribution in [0.25, 0.3) is 0 Å². The van der Waals surface area contributed by atoms with Gasteiger partial charge < -0.3 is 28.4 Å². The molecule has 2 unspecified atom stereocenters. The Balaban J connectivity index is 1.55. The molecular formula is C22H26O6. The zero-order chi connectivity index (χ0) is 19.3. The largest absolute Gasteiger partial charge is 0.382 e. The normalized spacial score (nSPS) is 32.6. The third-order valence-electron chi connectivity index (χ3n) is 5.02. The standard InChI is InChI=1S/C22H26O6/c1-23-13-17-19(27-21(25-17)15-9-5-3-6-10-15)20-18(14-24-2)26-22(28-20)16-11-7-4-8-12-16/h3-12,17-22H,13-14H2,1-2H3/t17-,18+,19-,20-,21?,22?/m1/s1. The summed E-state index contributed by atoms with van der Waals surface area (Å²) in [5.74, 6) is 0. The second-order valence-corrected chi connectivity index (χ2v) is 6.95. The van der Waals surface area contributed by atoms with Gasteiger partial charge in [0.15, 0.2) is 12.6 Å². The smallest absolute Gasteiger partial charge is 0.184 e. The molecule has 0 radical (unpaired) electrons. The van der Waals surface area contributed by atoms with Crippen LogP contribution in [-0.4, -0.2) is 51.8 Å². The van der Waals surface area contributed by atoms with Gasteiger partial charge in [-0.2, -0.15) is 0 Å². The van der Waals surface area contributed by atoms with Crippen LogP contribution in [-0.2, 0) is 28.4 Å². The number of hydrogen-bond acceptors (Lipinski definition) is 6. The van der Waals surface area contributed by atoms with Crippen LogP contribution in [0.5, 0.6) is 0 Å². The summed E-state index contributed by atoms with van der Waals surface area (Å²) in [5.41, 5.74) is 1.93. The molecule has 0 aliphatic carbocycles. The van der Waals surface area contributed by atoms with E-state index in [0.717, 1.165) is 11.1 Å². The fourth-order valence-electron chi connectivity index (χ4n) is 3.71. The molecule has 2 aliphatic rings. The lowest BCUT2D eigenvalue weighted by Gasteiger charge is -2.24. The fourth-order valence-corrected chi connectivity index (χ4v) is 3.71. The van der Waals surface area contributed by atoms with E-state index in [9.17, 15) is 0 Å². The van der Waals surface area contributed by atoms with Crippen molar-refractivity contribution in [3.8, 4) is 0 Å². The van der Waals surface area contributed by atoms with Gasteiger partial charge in [0.25, 0.3) is 0 Å². The molecule has 6 heteroatoms.